The number of benzene rings is 2. The van der Waals surface area contributed by atoms with E-state index in [4.69, 9.17) is 27.1 Å². The summed E-state index contributed by atoms with van der Waals surface area (Å²) in [5.41, 5.74) is 11.0. The van der Waals surface area contributed by atoms with Crippen LogP contribution in [0, 0.1) is 0 Å². The number of nitrogens with one attached hydrogen (secondary N) is 1. The molecule has 2 heterocycles. The van der Waals surface area contributed by atoms with Crippen molar-refractivity contribution in [3.05, 3.63) is 75.9 Å². The van der Waals surface area contributed by atoms with E-state index in [0.717, 1.165) is 66.5 Å². The summed E-state index contributed by atoms with van der Waals surface area (Å²) >= 11 is 5.83. The Morgan fingerprint density at radius 1 is 1.14 bits per heavy atom. The minimum absolute atomic E-state index is 0.389. The van der Waals surface area contributed by atoms with E-state index in [2.05, 4.69) is 33.4 Å². The molecule has 0 radical (unpaired) electrons. The molecule has 1 fully saturated rings. The van der Waals surface area contributed by atoms with Gasteiger partial charge in [-0.05, 0) is 0 Å². The fourth-order valence-corrected chi connectivity index (χ4v) is 7.89. The number of anilines is 2. The molecular formula is C28H33AsClN5O2. The van der Waals surface area contributed by atoms with Crippen LogP contribution in [-0.2, 0) is 24.0 Å². The number of nitrogens with zero attached hydrogens (tertiary/aromatic N) is 3. The van der Waals surface area contributed by atoms with Crippen molar-refractivity contribution in [3.63, 3.8) is 0 Å². The SMILES string of the molecule is NC(=O)c1ccccc1CC[AsH]c1nc(Nc2ccc3c(c2)CCC(N2CCOCC2)CC3)ncc1Cl. The second kappa shape index (κ2) is 12.4. The zero-order chi connectivity index (χ0) is 25.6. The number of aryl methyl sites for hydroxylation is 3. The molecule has 2 atom stereocenters. The molecule has 3 aromatic rings. The third kappa shape index (κ3) is 6.71. The van der Waals surface area contributed by atoms with Crippen molar-refractivity contribution in [3.8, 4) is 0 Å². The first kappa shape index (κ1) is 26.2. The number of halogens is 1. The van der Waals surface area contributed by atoms with E-state index in [9.17, 15) is 4.79 Å². The van der Waals surface area contributed by atoms with Gasteiger partial charge in [-0.2, -0.15) is 0 Å². The van der Waals surface area contributed by atoms with Gasteiger partial charge in [-0.3, -0.25) is 0 Å². The van der Waals surface area contributed by atoms with Gasteiger partial charge in [0.25, 0.3) is 0 Å². The van der Waals surface area contributed by atoms with Crippen LogP contribution < -0.4 is 15.5 Å². The average Bonchev–Trinajstić information content (AvgIpc) is 3.13. The van der Waals surface area contributed by atoms with E-state index in [1.54, 1.807) is 12.3 Å². The summed E-state index contributed by atoms with van der Waals surface area (Å²) in [5, 5.41) is 4.92. The fraction of sp³-hybridized carbons (Fsp3) is 0.393. The number of aromatic nitrogens is 2. The van der Waals surface area contributed by atoms with Gasteiger partial charge in [-0.15, -0.1) is 0 Å². The topological polar surface area (TPSA) is 93.4 Å². The Balaban J connectivity index is 1.21. The molecule has 1 aliphatic carbocycles. The number of amides is 1. The predicted molar refractivity (Wildman–Crippen MR) is 150 cm³/mol. The molecule has 9 heteroatoms. The Hall–Kier alpha value is -2.44. The molecule has 7 nitrogen and oxygen atoms in total. The molecule has 0 spiro atoms. The van der Waals surface area contributed by atoms with Crippen molar-refractivity contribution in [1.29, 1.82) is 0 Å². The summed E-state index contributed by atoms with van der Waals surface area (Å²) in [7, 11) is 0. The molecule has 1 aliphatic heterocycles. The van der Waals surface area contributed by atoms with Crippen molar-refractivity contribution >= 4 is 49.4 Å². The second-order valence-electron chi connectivity index (χ2n) is 9.58. The van der Waals surface area contributed by atoms with Gasteiger partial charge >= 0.3 is 212 Å². The van der Waals surface area contributed by atoms with E-state index < -0.39 is 15.8 Å². The Morgan fingerprint density at radius 3 is 2.73 bits per heavy atom. The van der Waals surface area contributed by atoms with Gasteiger partial charge < -0.3 is 4.74 Å². The van der Waals surface area contributed by atoms with E-state index >= 15 is 0 Å². The number of primary amides is 1. The van der Waals surface area contributed by atoms with Crippen molar-refractivity contribution in [2.45, 2.75) is 43.4 Å². The summed E-state index contributed by atoms with van der Waals surface area (Å²) in [6.07, 6.45) is 7.04. The fourth-order valence-electron chi connectivity index (χ4n) is 5.25. The number of hydrogen-bond donors (Lipinski definition) is 2. The van der Waals surface area contributed by atoms with E-state index in [1.807, 2.05) is 18.2 Å². The van der Waals surface area contributed by atoms with Gasteiger partial charge in [0, 0.05) is 0 Å². The summed E-state index contributed by atoms with van der Waals surface area (Å²) in [6.45, 7) is 3.79. The summed E-state index contributed by atoms with van der Waals surface area (Å²) < 4.78 is 6.46. The zero-order valence-corrected chi connectivity index (χ0v) is 23.7. The van der Waals surface area contributed by atoms with E-state index in [0.29, 0.717) is 22.6 Å². The molecule has 5 rings (SSSR count). The van der Waals surface area contributed by atoms with Gasteiger partial charge in [0.2, 0.25) is 0 Å². The van der Waals surface area contributed by atoms with Gasteiger partial charge in [0.1, 0.15) is 0 Å². The van der Waals surface area contributed by atoms with Gasteiger partial charge in [0.05, 0.1) is 13.2 Å². The monoisotopic (exact) mass is 581 g/mol. The van der Waals surface area contributed by atoms with Crippen LogP contribution >= 0.6 is 11.6 Å². The van der Waals surface area contributed by atoms with Crippen molar-refractivity contribution in [2.24, 2.45) is 5.73 Å². The number of nitrogens with two attached hydrogens (primary N) is 1. The Bertz CT molecular complexity index is 1250. The first-order valence-corrected chi connectivity index (χ1v) is 15.8. The second-order valence-corrected chi connectivity index (χ2v) is 12.8. The number of morpholine rings is 1. The minimum atomic E-state index is -0.614. The number of ether oxygens (including phenoxy) is 1. The molecule has 2 unspecified atom stereocenters. The summed E-state index contributed by atoms with van der Waals surface area (Å²) in [6, 6.07) is 14.8. The van der Waals surface area contributed by atoms with Crippen LogP contribution in [0.4, 0.5) is 11.6 Å². The van der Waals surface area contributed by atoms with Gasteiger partial charge in [-0.25, -0.2) is 0 Å². The quantitative estimate of drug-likeness (QED) is 0.313. The van der Waals surface area contributed by atoms with Crippen molar-refractivity contribution < 1.29 is 9.53 Å². The van der Waals surface area contributed by atoms with Crippen LogP contribution in [0.5, 0.6) is 0 Å². The maximum atomic E-state index is 11.7. The molecule has 37 heavy (non-hydrogen) atoms. The Morgan fingerprint density at radius 2 is 1.92 bits per heavy atom. The molecule has 1 amide bonds. The molecule has 194 valence electrons. The zero-order valence-electron chi connectivity index (χ0n) is 20.9. The third-order valence-corrected chi connectivity index (χ3v) is 10.4. The number of carbonyl (C=O) groups excluding carboxylic acids is 1. The molecule has 0 bridgehead atoms. The standard InChI is InChI=1S/C28H33AsClN5O2/c30-25-18-32-28(34-26(25)29-12-11-20-3-1-2-4-24(20)27(31)36)33-22-8-5-19-6-9-23(10-7-21(19)17-22)35-13-15-37-16-14-35/h1-5,8,17-18,23,29H,6-7,9-16H2,(H2,31,36)(H,32,33,34). The van der Waals surface area contributed by atoms with Crippen molar-refractivity contribution in [2.75, 3.05) is 31.6 Å². The molecule has 3 N–H and O–H groups in total. The number of rotatable bonds is 8. The third-order valence-electron chi connectivity index (χ3n) is 7.23. The number of carbonyl (C=O) groups is 1. The van der Waals surface area contributed by atoms with E-state index in [1.165, 1.54) is 24.0 Å². The van der Waals surface area contributed by atoms with Crippen LogP contribution in [0.3, 0.4) is 0 Å². The molecule has 2 aromatic carbocycles. The van der Waals surface area contributed by atoms with Crippen LogP contribution in [0.15, 0.2) is 48.7 Å². The first-order chi connectivity index (χ1) is 18.1. The Kier molecular flexibility index (Phi) is 8.77. The van der Waals surface area contributed by atoms with Crippen LogP contribution in [0.2, 0.25) is 10.2 Å². The summed E-state index contributed by atoms with van der Waals surface area (Å²) in [4.78, 5) is 23.5. The van der Waals surface area contributed by atoms with Crippen LogP contribution in [0.25, 0.3) is 0 Å². The van der Waals surface area contributed by atoms with Crippen molar-refractivity contribution in [1.82, 2.24) is 14.9 Å². The Labute approximate surface area is 229 Å². The first-order valence-electron chi connectivity index (χ1n) is 12.9. The molecule has 1 saturated heterocycles. The van der Waals surface area contributed by atoms with Gasteiger partial charge in [-0.1, -0.05) is 0 Å². The number of fused-ring (bicyclic) bond motifs is 1. The maximum absolute atomic E-state index is 11.7. The summed E-state index contributed by atoms with van der Waals surface area (Å²) in [5.74, 6) is 0.181. The van der Waals surface area contributed by atoms with Gasteiger partial charge in [0.15, 0.2) is 0 Å². The molecule has 0 saturated carbocycles. The molecule has 1 aromatic heterocycles. The van der Waals surface area contributed by atoms with Crippen LogP contribution in [0.1, 0.15) is 39.9 Å². The predicted octanol–water partition coefficient (Wildman–Crippen LogP) is 3.27. The number of hydrogen-bond acceptors (Lipinski definition) is 6. The van der Waals surface area contributed by atoms with E-state index in [-0.39, 0.29) is 5.91 Å². The average molecular weight is 582 g/mol. The molecular weight excluding hydrogens is 549 g/mol. The molecule has 2 aliphatic rings. The normalized spacial score (nSPS) is 18.5. The van der Waals surface area contributed by atoms with Crippen LogP contribution in [-0.4, -0.2) is 68.9 Å².